The summed E-state index contributed by atoms with van der Waals surface area (Å²) < 4.78 is 27.8. The van der Waals surface area contributed by atoms with Crippen molar-refractivity contribution in [2.24, 2.45) is 0 Å². The molecule has 0 aliphatic rings. The van der Waals surface area contributed by atoms with Crippen molar-refractivity contribution in [3.63, 3.8) is 0 Å². The molecule has 0 amide bonds. The van der Waals surface area contributed by atoms with Crippen molar-refractivity contribution in [1.29, 1.82) is 0 Å². The summed E-state index contributed by atoms with van der Waals surface area (Å²) in [4.78, 5) is 17.6. The van der Waals surface area contributed by atoms with Gasteiger partial charge in [0.2, 0.25) is 5.78 Å². The number of anilines is 1. The fourth-order valence-electron chi connectivity index (χ4n) is 2.90. The third-order valence-corrected chi connectivity index (χ3v) is 5.68. The SMILES string of the molecule is O=C(c1ccc2ccccc2n1)c1ccccc1NS(=O)(=O)c1ccccc1. The molecular formula is C22H16N2O3S. The van der Waals surface area contributed by atoms with E-state index in [0.29, 0.717) is 5.52 Å². The molecule has 0 aliphatic heterocycles. The van der Waals surface area contributed by atoms with Crippen LogP contribution < -0.4 is 4.72 Å². The van der Waals surface area contributed by atoms with Crippen molar-refractivity contribution < 1.29 is 13.2 Å². The van der Waals surface area contributed by atoms with Gasteiger partial charge in [0.15, 0.2) is 0 Å². The molecule has 4 aromatic rings. The van der Waals surface area contributed by atoms with E-state index in [1.165, 1.54) is 12.1 Å². The number of sulfonamides is 1. The molecule has 0 radical (unpaired) electrons. The lowest BCUT2D eigenvalue weighted by atomic mass is 10.0. The van der Waals surface area contributed by atoms with Crippen molar-refractivity contribution >= 4 is 32.4 Å². The number of ketones is 1. The fraction of sp³-hybridized carbons (Fsp3) is 0. The quantitative estimate of drug-likeness (QED) is 0.518. The molecule has 0 fully saturated rings. The van der Waals surface area contributed by atoms with Crippen LogP contribution in [0.4, 0.5) is 5.69 Å². The van der Waals surface area contributed by atoms with Gasteiger partial charge in [0.05, 0.1) is 16.1 Å². The normalized spacial score (nSPS) is 11.3. The number of carbonyl (C=O) groups excluding carboxylic acids is 1. The first-order valence-corrected chi connectivity index (χ1v) is 10.1. The van der Waals surface area contributed by atoms with Crippen LogP contribution in [0.1, 0.15) is 16.1 Å². The number of hydrogen-bond donors (Lipinski definition) is 1. The number of rotatable bonds is 5. The van der Waals surface area contributed by atoms with Gasteiger partial charge in [-0.15, -0.1) is 0 Å². The molecule has 0 aliphatic carbocycles. The summed E-state index contributed by atoms with van der Waals surface area (Å²) in [6, 6.07) is 25.5. The van der Waals surface area contributed by atoms with Gasteiger partial charge in [-0.2, -0.15) is 0 Å². The third-order valence-electron chi connectivity index (χ3n) is 4.30. The van der Waals surface area contributed by atoms with E-state index in [2.05, 4.69) is 9.71 Å². The van der Waals surface area contributed by atoms with Crippen LogP contribution in [0.5, 0.6) is 0 Å². The van der Waals surface area contributed by atoms with Crippen LogP contribution >= 0.6 is 0 Å². The second-order valence-corrected chi connectivity index (χ2v) is 7.86. The number of carbonyl (C=O) groups is 1. The van der Waals surface area contributed by atoms with E-state index < -0.39 is 10.0 Å². The Labute approximate surface area is 162 Å². The zero-order valence-electron chi connectivity index (χ0n) is 14.7. The summed E-state index contributed by atoms with van der Waals surface area (Å²) in [5, 5.41) is 0.928. The molecule has 0 bridgehead atoms. The van der Waals surface area contributed by atoms with E-state index in [9.17, 15) is 13.2 Å². The molecule has 28 heavy (non-hydrogen) atoms. The van der Waals surface area contributed by atoms with Crippen LogP contribution in [0.2, 0.25) is 0 Å². The topological polar surface area (TPSA) is 76.1 Å². The number of para-hydroxylation sites is 2. The number of nitrogens with zero attached hydrogens (tertiary/aromatic N) is 1. The molecule has 3 aromatic carbocycles. The van der Waals surface area contributed by atoms with Crippen LogP contribution in [-0.4, -0.2) is 19.2 Å². The molecule has 0 unspecified atom stereocenters. The molecule has 0 saturated carbocycles. The minimum atomic E-state index is -3.81. The summed E-state index contributed by atoms with van der Waals surface area (Å²) in [5.41, 5.74) is 1.41. The lowest BCUT2D eigenvalue weighted by molar-refractivity contribution is 0.103. The predicted octanol–water partition coefficient (Wildman–Crippen LogP) is 4.27. The molecule has 1 aromatic heterocycles. The van der Waals surface area contributed by atoms with Crippen LogP contribution in [0.15, 0.2) is 95.9 Å². The van der Waals surface area contributed by atoms with Gasteiger partial charge in [0.1, 0.15) is 5.69 Å². The number of pyridine rings is 1. The predicted molar refractivity (Wildman–Crippen MR) is 109 cm³/mol. The van der Waals surface area contributed by atoms with Crippen LogP contribution in [0.25, 0.3) is 10.9 Å². The Morgan fingerprint density at radius 3 is 2.25 bits per heavy atom. The highest BCUT2D eigenvalue weighted by molar-refractivity contribution is 7.92. The second kappa shape index (κ2) is 7.25. The molecule has 0 atom stereocenters. The van der Waals surface area contributed by atoms with Crippen molar-refractivity contribution in [1.82, 2.24) is 4.98 Å². The van der Waals surface area contributed by atoms with E-state index in [4.69, 9.17) is 0 Å². The smallest absolute Gasteiger partial charge is 0.261 e. The maximum Gasteiger partial charge on any atom is 0.261 e. The van der Waals surface area contributed by atoms with Gasteiger partial charge < -0.3 is 0 Å². The Bertz CT molecular complexity index is 1270. The fourth-order valence-corrected chi connectivity index (χ4v) is 4.00. The highest BCUT2D eigenvalue weighted by Crippen LogP contribution is 2.23. The first kappa shape index (κ1) is 17.9. The van der Waals surface area contributed by atoms with Gasteiger partial charge in [-0.3, -0.25) is 9.52 Å². The maximum absolute atomic E-state index is 13.0. The first-order valence-electron chi connectivity index (χ1n) is 8.62. The highest BCUT2D eigenvalue weighted by atomic mass is 32.2. The van der Waals surface area contributed by atoms with Gasteiger partial charge in [-0.1, -0.05) is 54.6 Å². The van der Waals surface area contributed by atoms with Gasteiger partial charge in [-0.25, -0.2) is 13.4 Å². The van der Waals surface area contributed by atoms with E-state index >= 15 is 0 Å². The zero-order chi connectivity index (χ0) is 19.6. The van der Waals surface area contributed by atoms with Gasteiger partial charge >= 0.3 is 0 Å². The largest absolute Gasteiger partial charge is 0.287 e. The second-order valence-electron chi connectivity index (χ2n) is 6.18. The van der Waals surface area contributed by atoms with E-state index in [0.717, 1.165) is 5.39 Å². The van der Waals surface area contributed by atoms with E-state index in [1.807, 2.05) is 30.3 Å². The van der Waals surface area contributed by atoms with E-state index in [1.54, 1.807) is 48.5 Å². The molecule has 4 rings (SSSR count). The maximum atomic E-state index is 13.0. The third kappa shape index (κ3) is 3.50. The molecule has 138 valence electrons. The first-order chi connectivity index (χ1) is 13.5. The van der Waals surface area contributed by atoms with Crippen molar-refractivity contribution in [3.05, 3.63) is 102 Å². The van der Waals surface area contributed by atoms with Crippen molar-refractivity contribution in [2.75, 3.05) is 4.72 Å². The highest BCUT2D eigenvalue weighted by Gasteiger charge is 2.20. The van der Waals surface area contributed by atoms with Crippen LogP contribution in [0, 0.1) is 0 Å². The molecule has 5 nitrogen and oxygen atoms in total. The zero-order valence-corrected chi connectivity index (χ0v) is 15.6. The summed E-state index contributed by atoms with van der Waals surface area (Å²) >= 11 is 0. The molecule has 0 saturated heterocycles. The summed E-state index contributed by atoms with van der Waals surface area (Å²) in [5.74, 6) is -0.350. The number of nitrogens with one attached hydrogen (secondary N) is 1. The lowest BCUT2D eigenvalue weighted by Crippen LogP contribution is -2.16. The minimum absolute atomic E-state index is 0.126. The van der Waals surface area contributed by atoms with Crippen molar-refractivity contribution in [3.8, 4) is 0 Å². The Morgan fingerprint density at radius 1 is 0.750 bits per heavy atom. The molecule has 1 N–H and O–H groups in total. The molecule has 1 heterocycles. The monoisotopic (exact) mass is 388 g/mol. The Morgan fingerprint density at radius 2 is 1.43 bits per heavy atom. The number of aromatic nitrogens is 1. The number of fused-ring (bicyclic) bond motifs is 1. The summed E-state index contributed by atoms with van der Waals surface area (Å²) in [7, 11) is -3.81. The van der Waals surface area contributed by atoms with Gasteiger partial charge in [-0.05, 0) is 36.4 Å². The van der Waals surface area contributed by atoms with Crippen LogP contribution in [0.3, 0.4) is 0 Å². The summed E-state index contributed by atoms with van der Waals surface area (Å²) in [6.45, 7) is 0. The molecule has 6 heteroatoms. The van der Waals surface area contributed by atoms with Gasteiger partial charge in [0.25, 0.3) is 10.0 Å². The Balaban J connectivity index is 1.72. The Hall–Kier alpha value is -3.51. The minimum Gasteiger partial charge on any atom is -0.287 e. The molecular weight excluding hydrogens is 372 g/mol. The number of hydrogen-bond acceptors (Lipinski definition) is 4. The lowest BCUT2D eigenvalue weighted by Gasteiger charge is -2.12. The average Bonchev–Trinajstić information content (AvgIpc) is 2.74. The van der Waals surface area contributed by atoms with Crippen molar-refractivity contribution in [2.45, 2.75) is 4.90 Å². The summed E-state index contributed by atoms with van der Waals surface area (Å²) in [6.07, 6.45) is 0. The average molecular weight is 388 g/mol. The molecule has 0 spiro atoms. The van der Waals surface area contributed by atoms with Crippen LogP contribution in [-0.2, 0) is 10.0 Å². The van der Waals surface area contributed by atoms with Gasteiger partial charge in [0, 0.05) is 10.9 Å². The number of benzene rings is 3. The standard InChI is InChI=1S/C22H16N2O3S/c25-22(21-15-14-16-8-4-6-12-19(16)23-21)18-11-5-7-13-20(18)24-28(26,27)17-9-2-1-3-10-17/h1-15,24H. The Kier molecular flexibility index (Phi) is 4.63. The van der Waals surface area contributed by atoms with E-state index in [-0.39, 0.29) is 27.6 Å².